The van der Waals surface area contributed by atoms with E-state index in [1.807, 2.05) is 11.3 Å². The summed E-state index contributed by atoms with van der Waals surface area (Å²) in [5.41, 5.74) is 1.52. The first-order valence-corrected chi connectivity index (χ1v) is 11.4. The molecule has 2 atom stereocenters. The standard InChI is InChI=1S/C21H30N4OS/c1-13-3-6-16-17(11-13)27-21-19(16)20(22-14(2)15-4-5-15)23-18(24-21)12-25-7-9-26-10-8-25/h13-15H,3-12H2,1-2H3,(H,22,23,24)/t13-,14+/m1/s1. The molecule has 1 N–H and O–H groups in total. The minimum atomic E-state index is 0.498. The van der Waals surface area contributed by atoms with Gasteiger partial charge < -0.3 is 10.1 Å². The number of thiophene rings is 1. The van der Waals surface area contributed by atoms with Crippen LogP contribution in [0.15, 0.2) is 0 Å². The molecule has 1 aliphatic heterocycles. The summed E-state index contributed by atoms with van der Waals surface area (Å²) < 4.78 is 5.49. The highest BCUT2D eigenvalue weighted by molar-refractivity contribution is 7.19. The van der Waals surface area contributed by atoms with Gasteiger partial charge in [-0.2, -0.15) is 0 Å². The van der Waals surface area contributed by atoms with E-state index in [1.54, 1.807) is 4.88 Å². The number of ether oxygens (including phenoxy) is 1. The highest BCUT2D eigenvalue weighted by atomic mass is 32.1. The highest BCUT2D eigenvalue weighted by Gasteiger charge is 2.30. The summed E-state index contributed by atoms with van der Waals surface area (Å²) in [6, 6.07) is 0.498. The van der Waals surface area contributed by atoms with Crippen molar-refractivity contribution in [2.24, 2.45) is 11.8 Å². The molecule has 0 unspecified atom stereocenters. The van der Waals surface area contributed by atoms with Crippen LogP contribution >= 0.6 is 11.3 Å². The van der Waals surface area contributed by atoms with Gasteiger partial charge in [-0.25, -0.2) is 9.97 Å². The second-order valence-electron chi connectivity index (χ2n) is 8.68. The van der Waals surface area contributed by atoms with Crippen LogP contribution in [0, 0.1) is 11.8 Å². The maximum absolute atomic E-state index is 5.49. The van der Waals surface area contributed by atoms with E-state index in [9.17, 15) is 0 Å². The summed E-state index contributed by atoms with van der Waals surface area (Å²) in [6.45, 7) is 9.09. The Kier molecular flexibility index (Phi) is 4.82. The molecule has 0 aromatic carbocycles. The van der Waals surface area contributed by atoms with Gasteiger partial charge in [0.1, 0.15) is 16.5 Å². The van der Waals surface area contributed by atoms with Gasteiger partial charge in [0.05, 0.1) is 25.1 Å². The van der Waals surface area contributed by atoms with Crippen LogP contribution in [0.2, 0.25) is 0 Å². The molecule has 146 valence electrons. The van der Waals surface area contributed by atoms with E-state index in [-0.39, 0.29) is 0 Å². The fourth-order valence-corrected chi connectivity index (χ4v) is 5.85. The van der Waals surface area contributed by atoms with Gasteiger partial charge in [-0.3, -0.25) is 4.90 Å². The average Bonchev–Trinajstić information content (AvgIpc) is 3.44. The van der Waals surface area contributed by atoms with Gasteiger partial charge in [-0.05, 0) is 56.4 Å². The van der Waals surface area contributed by atoms with Crippen LogP contribution in [-0.4, -0.2) is 47.2 Å². The number of aryl methyl sites for hydroxylation is 1. The van der Waals surface area contributed by atoms with E-state index in [2.05, 4.69) is 24.1 Å². The smallest absolute Gasteiger partial charge is 0.146 e. The van der Waals surface area contributed by atoms with Gasteiger partial charge in [-0.1, -0.05) is 6.92 Å². The van der Waals surface area contributed by atoms with Crippen LogP contribution in [0.4, 0.5) is 5.82 Å². The summed E-state index contributed by atoms with van der Waals surface area (Å²) in [4.78, 5) is 15.2. The fourth-order valence-electron chi connectivity index (χ4n) is 4.45. The molecule has 3 aliphatic rings. The van der Waals surface area contributed by atoms with Crippen molar-refractivity contribution in [3.8, 4) is 0 Å². The number of morpholine rings is 1. The molecule has 2 fully saturated rings. The molecular weight excluding hydrogens is 356 g/mol. The lowest BCUT2D eigenvalue weighted by atomic mass is 9.89. The number of hydrogen-bond donors (Lipinski definition) is 1. The molecule has 6 heteroatoms. The molecule has 0 radical (unpaired) electrons. The van der Waals surface area contributed by atoms with Crippen molar-refractivity contribution >= 4 is 27.4 Å². The maximum atomic E-state index is 5.49. The van der Waals surface area contributed by atoms with Crippen molar-refractivity contribution < 1.29 is 4.74 Å². The average molecular weight is 387 g/mol. The third-order valence-corrected chi connectivity index (χ3v) is 7.51. The largest absolute Gasteiger partial charge is 0.379 e. The normalized spacial score (nSPS) is 24.7. The lowest BCUT2D eigenvalue weighted by molar-refractivity contribution is 0.0331. The van der Waals surface area contributed by atoms with Crippen molar-refractivity contribution in [1.82, 2.24) is 14.9 Å². The molecule has 1 saturated carbocycles. The molecule has 0 bridgehead atoms. The van der Waals surface area contributed by atoms with Gasteiger partial charge >= 0.3 is 0 Å². The van der Waals surface area contributed by atoms with Crippen molar-refractivity contribution in [1.29, 1.82) is 0 Å². The predicted octanol–water partition coefficient (Wildman–Crippen LogP) is 3.86. The van der Waals surface area contributed by atoms with Gasteiger partial charge in [-0.15, -0.1) is 11.3 Å². The second kappa shape index (κ2) is 7.30. The van der Waals surface area contributed by atoms with Crippen molar-refractivity contribution in [3.63, 3.8) is 0 Å². The van der Waals surface area contributed by atoms with E-state index in [0.717, 1.165) is 56.3 Å². The number of fused-ring (bicyclic) bond motifs is 3. The first kappa shape index (κ1) is 17.8. The Balaban J connectivity index is 1.51. The molecule has 5 nitrogen and oxygen atoms in total. The Labute approximate surface area is 165 Å². The van der Waals surface area contributed by atoms with Crippen LogP contribution < -0.4 is 5.32 Å². The molecule has 2 aromatic rings. The topological polar surface area (TPSA) is 50.3 Å². The monoisotopic (exact) mass is 386 g/mol. The van der Waals surface area contributed by atoms with Crippen LogP contribution in [-0.2, 0) is 24.1 Å². The van der Waals surface area contributed by atoms with Crippen molar-refractivity contribution in [3.05, 3.63) is 16.3 Å². The van der Waals surface area contributed by atoms with E-state index in [0.29, 0.717) is 6.04 Å². The van der Waals surface area contributed by atoms with Crippen molar-refractivity contribution in [2.75, 3.05) is 31.6 Å². The fraction of sp³-hybridized carbons (Fsp3) is 0.714. The van der Waals surface area contributed by atoms with Gasteiger partial charge in [0.25, 0.3) is 0 Å². The highest BCUT2D eigenvalue weighted by Crippen LogP contribution is 2.41. The zero-order valence-corrected chi connectivity index (χ0v) is 17.3. The molecule has 0 spiro atoms. The SMILES string of the molecule is C[C@@H]1CCc2c(sc3nc(CN4CCOCC4)nc(N[C@@H](C)C4CC4)c23)C1. The lowest BCUT2D eigenvalue weighted by Crippen LogP contribution is -2.36. The number of hydrogen-bond acceptors (Lipinski definition) is 6. The van der Waals surface area contributed by atoms with E-state index >= 15 is 0 Å². The summed E-state index contributed by atoms with van der Waals surface area (Å²) >= 11 is 1.91. The molecule has 27 heavy (non-hydrogen) atoms. The molecular formula is C21H30N4OS. The van der Waals surface area contributed by atoms with Crippen LogP contribution in [0.3, 0.4) is 0 Å². The first-order chi connectivity index (χ1) is 13.2. The first-order valence-electron chi connectivity index (χ1n) is 10.5. The summed E-state index contributed by atoms with van der Waals surface area (Å²) in [7, 11) is 0. The molecule has 2 aromatic heterocycles. The molecule has 0 amide bonds. The summed E-state index contributed by atoms with van der Waals surface area (Å²) in [5.74, 6) is 3.65. The quantitative estimate of drug-likeness (QED) is 0.846. The lowest BCUT2D eigenvalue weighted by Gasteiger charge is -2.26. The molecule has 1 saturated heterocycles. The third kappa shape index (κ3) is 3.71. The minimum Gasteiger partial charge on any atom is -0.379 e. The van der Waals surface area contributed by atoms with Gasteiger partial charge in [0.15, 0.2) is 0 Å². The number of nitrogens with one attached hydrogen (secondary N) is 1. The Hall–Kier alpha value is -1.24. The van der Waals surface area contributed by atoms with Crippen LogP contribution in [0.1, 0.15) is 49.4 Å². The van der Waals surface area contributed by atoms with Crippen LogP contribution in [0.5, 0.6) is 0 Å². The van der Waals surface area contributed by atoms with E-state index in [1.165, 1.54) is 47.9 Å². The number of aromatic nitrogens is 2. The zero-order chi connectivity index (χ0) is 18.4. The van der Waals surface area contributed by atoms with Gasteiger partial charge in [0.2, 0.25) is 0 Å². The Morgan fingerprint density at radius 3 is 2.81 bits per heavy atom. The number of nitrogens with zero attached hydrogens (tertiary/aromatic N) is 3. The predicted molar refractivity (Wildman–Crippen MR) is 111 cm³/mol. The number of rotatable bonds is 5. The molecule has 3 heterocycles. The maximum Gasteiger partial charge on any atom is 0.146 e. The summed E-state index contributed by atoms with van der Waals surface area (Å²) in [6.07, 6.45) is 6.36. The second-order valence-corrected chi connectivity index (χ2v) is 9.76. The Morgan fingerprint density at radius 1 is 1.22 bits per heavy atom. The number of anilines is 1. The zero-order valence-electron chi connectivity index (χ0n) is 16.5. The van der Waals surface area contributed by atoms with E-state index < -0.39 is 0 Å². The third-order valence-electron chi connectivity index (χ3n) is 6.36. The van der Waals surface area contributed by atoms with Gasteiger partial charge in [0, 0.05) is 24.0 Å². The van der Waals surface area contributed by atoms with Crippen LogP contribution in [0.25, 0.3) is 10.2 Å². The van der Waals surface area contributed by atoms with E-state index in [4.69, 9.17) is 14.7 Å². The summed E-state index contributed by atoms with van der Waals surface area (Å²) in [5, 5.41) is 5.10. The molecule has 2 aliphatic carbocycles. The Morgan fingerprint density at radius 2 is 2.04 bits per heavy atom. The Bertz CT molecular complexity index is 825. The molecule has 5 rings (SSSR count). The minimum absolute atomic E-state index is 0.498. The van der Waals surface area contributed by atoms with Crippen molar-refractivity contribution in [2.45, 2.75) is 58.5 Å².